The third kappa shape index (κ3) is 3.06. The summed E-state index contributed by atoms with van der Waals surface area (Å²) in [7, 11) is 0. The van der Waals surface area contributed by atoms with Crippen LogP contribution in [-0.4, -0.2) is 45.8 Å². The Balaban J connectivity index is 1.50. The number of fused-ring (bicyclic) bond motifs is 2. The third-order valence-corrected chi connectivity index (χ3v) is 5.55. The number of carbonyl (C=O) groups excluding carboxylic acids is 1. The topological polar surface area (TPSA) is 67.2 Å². The van der Waals surface area contributed by atoms with Crippen LogP contribution in [0, 0.1) is 6.92 Å². The predicted octanol–water partition coefficient (Wildman–Crippen LogP) is 1.45. The van der Waals surface area contributed by atoms with E-state index in [0.29, 0.717) is 11.4 Å². The van der Waals surface area contributed by atoms with Gasteiger partial charge in [0, 0.05) is 24.0 Å². The largest absolute Gasteiger partial charge is 0.350 e. The van der Waals surface area contributed by atoms with E-state index < -0.39 is 0 Å². The Morgan fingerprint density at radius 3 is 2.84 bits per heavy atom. The molecule has 2 aliphatic rings. The number of benzene rings is 1. The fourth-order valence-electron chi connectivity index (χ4n) is 4.32. The lowest BCUT2D eigenvalue weighted by Crippen LogP contribution is -2.48. The Labute approximate surface area is 146 Å². The van der Waals surface area contributed by atoms with Gasteiger partial charge in [0.1, 0.15) is 6.54 Å². The quantitative estimate of drug-likeness (QED) is 0.918. The number of hydrogen-bond donors (Lipinski definition) is 1. The third-order valence-electron chi connectivity index (χ3n) is 5.55. The predicted molar refractivity (Wildman–Crippen MR) is 96.5 cm³/mol. The summed E-state index contributed by atoms with van der Waals surface area (Å²) in [6, 6.07) is 8.07. The lowest BCUT2D eigenvalue weighted by molar-refractivity contribution is -0.122. The summed E-state index contributed by atoms with van der Waals surface area (Å²) < 4.78 is 1.29. The number of carbonyl (C=O) groups is 1. The van der Waals surface area contributed by atoms with E-state index in [9.17, 15) is 9.59 Å². The Morgan fingerprint density at radius 1 is 1.20 bits per heavy atom. The highest BCUT2D eigenvalue weighted by molar-refractivity contribution is 5.83. The zero-order valence-corrected chi connectivity index (χ0v) is 14.6. The molecule has 25 heavy (non-hydrogen) atoms. The van der Waals surface area contributed by atoms with E-state index in [2.05, 4.69) is 15.3 Å². The van der Waals surface area contributed by atoms with Gasteiger partial charge in [0.05, 0.1) is 11.1 Å². The fourth-order valence-corrected chi connectivity index (χ4v) is 4.32. The minimum Gasteiger partial charge on any atom is -0.350 e. The van der Waals surface area contributed by atoms with Crippen molar-refractivity contribution in [1.29, 1.82) is 0 Å². The summed E-state index contributed by atoms with van der Waals surface area (Å²) >= 11 is 0. The first kappa shape index (κ1) is 16.3. The molecule has 6 nitrogen and oxygen atoms in total. The molecule has 0 radical (unpaired) electrons. The number of hydrogen-bond acceptors (Lipinski definition) is 4. The first-order valence-electron chi connectivity index (χ1n) is 9.13. The highest BCUT2D eigenvalue weighted by Crippen LogP contribution is 2.27. The molecule has 0 aliphatic carbocycles. The van der Waals surface area contributed by atoms with E-state index in [1.807, 2.05) is 25.1 Å². The van der Waals surface area contributed by atoms with Gasteiger partial charge in [-0.1, -0.05) is 24.6 Å². The smallest absolute Gasteiger partial charge is 0.275 e. The number of nitrogens with zero attached hydrogens (tertiary/aromatic N) is 3. The molecule has 1 aromatic heterocycles. The van der Waals surface area contributed by atoms with Crippen LogP contribution < -0.4 is 10.9 Å². The van der Waals surface area contributed by atoms with E-state index in [4.69, 9.17) is 0 Å². The second-order valence-electron chi connectivity index (χ2n) is 7.16. The molecule has 2 fully saturated rings. The number of rotatable bonds is 3. The van der Waals surface area contributed by atoms with Crippen LogP contribution in [0.2, 0.25) is 0 Å². The van der Waals surface area contributed by atoms with Crippen LogP contribution in [-0.2, 0) is 11.3 Å². The second kappa shape index (κ2) is 6.59. The monoisotopic (exact) mass is 340 g/mol. The van der Waals surface area contributed by atoms with Crippen LogP contribution in [0.4, 0.5) is 0 Å². The molecule has 132 valence electrons. The zero-order valence-electron chi connectivity index (χ0n) is 14.6. The zero-order chi connectivity index (χ0) is 17.4. The summed E-state index contributed by atoms with van der Waals surface area (Å²) in [5, 5.41) is 8.93. The highest BCUT2D eigenvalue weighted by Gasteiger charge is 2.36. The number of piperidine rings is 1. The molecule has 2 saturated heterocycles. The Hall–Kier alpha value is -2.21. The fraction of sp³-hybridized carbons (Fsp3) is 0.526. The summed E-state index contributed by atoms with van der Waals surface area (Å²) in [5.41, 5.74) is 0.560. The minimum atomic E-state index is -0.206. The molecule has 1 aromatic carbocycles. The molecular weight excluding hydrogens is 316 g/mol. The summed E-state index contributed by atoms with van der Waals surface area (Å²) in [6.07, 6.45) is 4.64. The van der Waals surface area contributed by atoms with Crippen LogP contribution in [0.25, 0.3) is 10.8 Å². The average Bonchev–Trinajstić information content (AvgIpc) is 3.02. The minimum absolute atomic E-state index is 0.0201. The van der Waals surface area contributed by atoms with Crippen molar-refractivity contribution in [1.82, 2.24) is 20.0 Å². The van der Waals surface area contributed by atoms with Crippen molar-refractivity contribution in [2.45, 2.75) is 51.2 Å². The van der Waals surface area contributed by atoms with Gasteiger partial charge in [0.25, 0.3) is 5.56 Å². The number of aromatic nitrogens is 2. The van der Waals surface area contributed by atoms with Gasteiger partial charge in [-0.3, -0.25) is 14.5 Å². The average molecular weight is 340 g/mol. The molecule has 1 amide bonds. The maximum Gasteiger partial charge on any atom is 0.275 e. The van der Waals surface area contributed by atoms with E-state index in [-0.39, 0.29) is 24.1 Å². The SMILES string of the molecule is Cc1nn(CC(=O)N[C@@H]2CCN3CCCC[C@@H]23)c(=O)c2ccccc12. The van der Waals surface area contributed by atoms with Crippen LogP contribution in [0.1, 0.15) is 31.4 Å². The molecule has 2 aliphatic heterocycles. The standard InChI is InChI=1S/C19H24N4O2/c1-13-14-6-2-3-7-15(14)19(25)23(21-13)12-18(24)20-16-9-11-22-10-5-4-8-17(16)22/h2-3,6-7,16-17H,4-5,8-12H2,1H3,(H,20,24)/t16-,17+/m1/s1. The van der Waals surface area contributed by atoms with E-state index in [1.165, 1.54) is 17.5 Å². The van der Waals surface area contributed by atoms with Gasteiger partial charge in [0.15, 0.2) is 0 Å². The Kier molecular flexibility index (Phi) is 4.29. The Morgan fingerprint density at radius 2 is 2.00 bits per heavy atom. The molecule has 0 spiro atoms. The van der Waals surface area contributed by atoms with Crippen molar-refractivity contribution in [2.75, 3.05) is 13.1 Å². The van der Waals surface area contributed by atoms with Crippen LogP contribution in [0.15, 0.2) is 29.1 Å². The molecule has 3 heterocycles. The summed E-state index contributed by atoms with van der Waals surface area (Å²) in [4.78, 5) is 27.6. The van der Waals surface area contributed by atoms with Crippen molar-refractivity contribution < 1.29 is 4.79 Å². The molecule has 1 N–H and O–H groups in total. The van der Waals surface area contributed by atoms with E-state index in [1.54, 1.807) is 6.07 Å². The lowest BCUT2D eigenvalue weighted by Gasteiger charge is -2.32. The molecule has 2 aromatic rings. The van der Waals surface area contributed by atoms with Gasteiger partial charge in [-0.05, 0) is 38.8 Å². The van der Waals surface area contributed by atoms with Crippen molar-refractivity contribution >= 4 is 16.7 Å². The van der Waals surface area contributed by atoms with Gasteiger partial charge < -0.3 is 5.32 Å². The normalized spacial score (nSPS) is 23.6. The van der Waals surface area contributed by atoms with Gasteiger partial charge in [-0.15, -0.1) is 0 Å². The van der Waals surface area contributed by atoms with E-state index in [0.717, 1.165) is 37.0 Å². The van der Waals surface area contributed by atoms with Crippen molar-refractivity contribution in [3.05, 3.63) is 40.3 Å². The van der Waals surface area contributed by atoms with Gasteiger partial charge >= 0.3 is 0 Å². The second-order valence-corrected chi connectivity index (χ2v) is 7.16. The maximum atomic E-state index is 12.6. The van der Waals surface area contributed by atoms with Gasteiger partial charge in [-0.2, -0.15) is 5.10 Å². The molecule has 2 atom stereocenters. The van der Waals surface area contributed by atoms with Crippen LogP contribution >= 0.6 is 0 Å². The molecule has 0 unspecified atom stereocenters. The van der Waals surface area contributed by atoms with Crippen molar-refractivity contribution in [3.8, 4) is 0 Å². The number of aryl methyl sites for hydroxylation is 1. The van der Waals surface area contributed by atoms with Gasteiger partial charge in [0.2, 0.25) is 5.91 Å². The highest BCUT2D eigenvalue weighted by atomic mass is 16.2. The molecule has 6 heteroatoms. The summed E-state index contributed by atoms with van der Waals surface area (Å²) in [5.74, 6) is -0.123. The lowest BCUT2D eigenvalue weighted by atomic mass is 9.99. The van der Waals surface area contributed by atoms with Crippen LogP contribution in [0.3, 0.4) is 0 Å². The maximum absolute atomic E-state index is 12.6. The Bertz CT molecular complexity index is 860. The first-order chi connectivity index (χ1) is 12.1. The molecule has 4 rings (SSSR count). The van der Waals surface area contributed by atoms with E-state index >= 15 is 0 Å². The number of nitrogens with one attached hydrogen (secondary N) is 1. The number of amides is 1. The molecule has 0 saturated carbocycles. The van der Waals surface area contributed by atoms with Crippen LogP contribution in [0.5, 0.6) is 0 Å². The molecular formula is C19H24N4O2. The van der Waals surface area contributed by atoms with Crippen molar-refractivity contribution in [2.24, 2.45) is 0 Å². The first-order valence-corrected chi connectivity index (χ1v) is 9.13. The van der Waals surface area contributed by atoms with Gasteiger partial charge in [-0.25, -0.2) is 4.68 Å². The van der Waals surface area contributed by atoms with Crippen molar-refractivity contribution in [3.63, 3.8) is 0 Å². The summed E-state index contributed by atoms with van der Waals surface area (Å²) in [6.45, 7) is 4.05. The molecule has 0 bridgehead atoms.